The van der Waals surface area contributed by atoms with Crippen molar-refractivity contribution in [1.82, 2.24) is 9.80 Å². The number of rotatable bonds is 14. The lowest BCUT2D eigenvalue weighted by atomic mass is 9.62. The fourth-order valence-electron chi connectivity index (χ4n) is 7.86. The van der Waals surface area contributed by atoms with Crippen LogP contribution in [0, 0.1) is 23.7 Å². The number of hydrogen-bond donors (Lipinski definition) is 1. The van der Waals surface area contributed by atoms with Crippen LogP contribution in [0.25, 0.3) is 0 Å². The summed E-state index contributed by atoms with van der Waals surface area (Å²) in [5.74, 6) is -1.99. The van der Waals surface area contributed by atoms with Crippen LogP contribution in [0.4, 0.5) is 5.69 Å². The lowest BCUT2D eigenvalue weighted by molar-refractivity contribution is -0.157. The van der Waals surface area contributed by atoms with E-state index >= 15 is 0 Å². The molecule has 3 heterocycles. The van der Waals surface area contributed by atoms with Crippen molar-refractivity contribution in [2.75, 3.05) is 31.2 Å². The second-order valence-electron chi connectivity index (χ2n) is 13.1. The minimum Gasteiger partial charge on any atom is -0.494 e. The van der Waals surface area contributed by atoms with E-state index in [1.807, 2.05) is 72.7 Å². The zero-order valence-corrected chi connectivity index (χ0v) is 27.5. The molecule has 44 heavy (non-hydrogen) atoms. The van der Waals surface area contributed by atoms with E-state index in [1.54, 1.807) is 26.9 Å². The Kier molecular flexibility index (Phi) is 10.0. The highest BCUT2D eigenvalue weighted by molar-refractivity contribution is 6.03. The molecule has 3 aliphatic heterocycles. The van der Waals surface area contributed by atoms with Crippen LogP contribution in [0.2, 0.25) is 0 Å². The summed E-state index contributed by atoms with van der Waals surface area (Å²) in [6.45, 7) is 22.2. The van der Waals surface area contributed by atoms with Crippen molar-refractivity contribution in [1.29, 1.82) is 0 Å². The van der Waals surface area contributed by atoms with E-state index in [1.165, 1.54) is 0 Å². The Labute approximate surface area is 262 Å². The van der Waals surface area contributed by atoms with Gasteiger partial charge in [0.15, 0.2) is 0 Å². The number of fused-ring (bicyclic) bond motifs is 1. The Bertz CT molecular complexity index is 1250. The molecule has 0 aliphatic carbocycles. The lowest BCUT2D eigenvalue weighted by Gasteiger charge is -2.42. The molecule has 1 aromatic carbocycles. The van der Waals surface area contributed by atoms with Gasteiger partial charge in [-0.3, -0.25) is 14.4 Å². The number of hydrogen-bond acceptors (Lipinski definition) is 6. The van der Waals surface area contributed by atoms with Crippen LogP contribution >= 0.6 is 0 Å². The summed E-state index contributed by atoms with van der Waals surface area (Å²) < 4.78 is 12.6. The molecule has 9 heteroatoms. The minimum atomic E-state index is -1.21. The second-order valence-corrected chi connectivity index (χ2v) is 13.1. The maximum absolute atomic E-state index is 14.8. The number of ether oxygens (including phenoxy) is 2. The van der Waals surface area contributed by atoms with Crippen LogP contribution in [0.1, 0.15) is 61.3 Å². The Morgan fingerprint density at radius 3 is 2.30 bits per heavy atom. The highest BCUT2D eigenvalue weighted by atomic mass is 16.5. The zero-order chi connectivity index (χ0) is 32.6. The standard InChI is InChI=1S/C35H51N3O6/c1-10-18-36(22(5)6)33(42)30-35-20-24(8)34(9,44-35)28(29(35)32(41)38(30)27(21-39)23(7)12-3)31(40)37(19-11-2)25-14-16-26(17-15-25)43-13-4/h10-11,14-17,22-24,27-30,39H,1-2,12-13,18-21H2,3-9H3/t23-,24?,27-,28-,29-,30?,34+,35?/m0/s1. The molecule has 9 nitrogen and oxygen atoms in total. The molecule has 0 aromatic heterocycles. The number of carbonyl (C=O) groups excluding carboxylic acids is 3. The third-order valence-corrected chi connectivity index (χ3v) is 10.4. The summed E-state index contributed by atoms with van der Waals surface area (Å²) in [6.07, 6.45) is 4.51. The number of aliphatic hydroxyl groups is 1. The highest BCUT2D eigenvalue weighted by Crippen LogP contribution is 2.66. The quantitative estimate of drug-likeness (QED) is 0.313. The van der Waals surface area contributed by atoms with Gasteiger partial charge in [-0.25, -0.2) is 0 Å². The van der Waals surface area contributed by atoms with E-state index in [0.717, 1.165) is 0 Å². The van der Waals surface area contributed by atoms with Gasteiger partial charge in [-0.1, -0.05) is 39.3 Å². The number of likely N-dealkylation sites (tertiary alicyclic amines) is 1. The SMILES string of the molecule is C=CCN(C(=O)[C@@H]1[C@H]2C(=O)N([C@@H](CO)[C@@H](C)CC)C(C(=O)N(CC=C)C(C)C)C23CC(C)[C@@]1(C)O3)c1ccc(OCC)cc1. The predicted molar refractivity (Wildman–Crippen MR) is 171 cm³/mol. The number of anilines is 1. The van der Waals surface area contributed by atoms with Gasteiger partial charge < -0.3 is 29.3 Å². The first-order valence-corrected chi connectivity index (χ1v) is 16.1. The molecule has 3 amide bonds. The Morgan fingerprint density at radius 2 is 1.77 bits per heavy atom. The number of carbonyl (C=O) groups is 3. The molecule has 1 spiro atoms. The Hall–Kier alpha value is -3.17. The summed E-state index contributed by atoms with van der Waals surface area (Å²) in [6, 6.07) is 5.57. The van der Waals surface area contributed by atoms with Gasteiger partial charge in [0.25, 0.3) is 0 Å². The van der Waals surface area contributed by atoms with Gasteiger partial charge in [0.2, 0.25) is 17.7 Å². The van der Waals surface area contributed by atoms with Gasteiger partial charge in [0.1, 0.15) is 17.4 Å². The van der Waals surface area contributed by atoms with Crippen LogP contribution in [-0.4, -0.2) is 88.3 Å². The fraction of sp³-hybridized carbons (Fsp3) is 0.629. The molecule has 8 atom stereocenters. The second kappa shape index (κ2) is 13.1. The van der Waals surface area contributed by atoms with Gasteiger partial charge in [0.05, 0.1) is 36.7 Å². The number of nitrogens with zero attached hydrogens (tertiary/aromatic N) is 3. The Morgan fingerprint density at radius 1 is 1.14 bits per heavy atom. The van der Waals surface area contributed by atoms with E-state index in [2.05, 4.69) is 13.2 Å². The van der Waals surface area contributed by atoms with Crippen LogP contribution in [0.15, 0.2) is 49.6 Å². The normalized spacial score (nSPS) is 30.2. The molecular weight excluding hydrogens is 558 g/mol. The number of amides is 3. The van der Waals surface area contributed by atoms with Crippen LogP contribution in [0.3, 0.4) is 0 Å². The van der Waals surface area contributed by atoms with Crippen molar-refractivity contribution in [3.63, 3.8) is 0 Å². The van der Waals surface area contributed by atoms with Crippen molar-refractivity contribution in [2.45, 2.75) is 90.6 Å². The van der Waals surface area contributed by atoms with Crippen molar-refractivity contribution >= 4 is 23.4 Å². The van der Waals surface area contributed by atoms with Crippen molar-refractivity contribution in [2.24, 2.45) is 23.7 Å². The molecule has 3 aliphatic rings. The molecule has 242 valence electrons. The summed E-state index contributed by atoms with van der Waals surface area (Å²) in [7, 11) is 0. The van der Waals surface area contributed by atoms with E-state index in [4.69, 9.17) is 9.47 Å². The van der Waals surface area contributed by atoms with Crippen LogP contribution in [0.5, 0.6) is 5.75 Å². The summed E-state index contributed by atoms with van der Waals surface area (Å²) in [5.41, 5.74) is -1.53. The van der Waals surface area contributed by atoms with E-state index < -0.39 is 35.1 Å². The Balaban J connectivity index is 1.87. The van der Waals surface area contributed by atoms with Crippen LogP contribution < -0.4 is 9.64 Å². The first kappa shape index (κ1) is 33.7. The molecular formula is C35H51N3O6. The molecule has 2 bridgehead atoms. The monoisotopic (exact) mass is 609 g/mol. The average molecular weight is 610 g/mol. The van der Waals surface area contributed by atoms with E-state index in [9.17, 15) is 19.5 Å². The third-order valence-electron chi connectivity index (χ3n) is 10.4. The average Bonchev–Trinajstić information content (AvgIpc) is 3.51. The largest absolute Gasteiger partial charge is 0.494 e. The van der Waals surface area contributed by atoms with E-state index in [0.29, 0.717) is 37.4 Å². The topological polar surface area (TPSA) is 99.6 Å². The summed E-state index contributed by atoms with van der Waals surface area (Å²) in [5, 5.41) is 10.7. The first-order chi connectivity index (χ1) is 20.9. The smallest absolute Gasteiger partial charge is 0.248 e. The first-order valence-electron chi connectivity index (χ1n) is 16.1. The van der Waals surface area contributed by atoms with Gasteiger partial charge in [-0.15, -0.1) is 13.2 Å². The van der Waals surface area contributed by atoms with Gasteiger partial charge in [0, 0.05) is 24.8 Å². The predicted octanol–water partition coefficient (Wildman–Crippen LogP) is 4.45. The number of benzene rings is 1. The van der Waals surface area contributed by atoms with Crippen molar-refractivity contribution in [3.05, 3.63) is 49.6 Å². The molecule has 4 rings (SSSR count). The van der Waals surface area contributed by atoms with Gasteiger partial charge in [-0.2, -0.15) is 0 Å². The molecule has 0 saturated carbocycles. The number of aliphatic hydroxyl groups excluding tert-OH is 1. The van der Waals surface area contributed by atoms with Crippen molar-refractivity contribution in [3.8, 4) is 5.75 Å². The fourth-order valence-corrected chi connectivity index (χ4v) is 7.86. The summed E-state index contributed by atoms with van der Waals surface area (Å²) >= 11 is 0. The maximum Gasteiger partial charge on any atom is 0.248 e. The molecule has 3 fully saturated rings. The molecule has 1 aromatic rings. The summed E-state index contributed by atoms with van der Waals surface area (Å²) in [4.78, 5) is 49.1. The van der Waals surface area contributed by atoms with Gasteiger partial charge in [-0.05, 0) is 70.2 Å². The molecule has 3 saturated heterocycles. The molecule has 3 unspecified atom stereocenters. The van der Waals surface area contributed by atoms with Gasteiger partial charge >= 0.3 is 0 Å². The maximum atomic E-state index is 14.8. The van der Waals surface area contributed by atoms with Crippen molar-refractivity contribution < 1.29 is 29.0 Å². The lowest BCUT2D eigenvalue weighted by Crippen LogP contribution is -2.60. The van der Waals surface area contributed by atoms with E-state index in [-0.39, 0.29) is 48.8 Å². The third kappa shape index (κ3) is 5.26. The molecule has 1 N–H and O–H groups in total. The minimum absolute atomic E-state index is 0.0816. The molecule has 0 radical (unpaired) electrons. The zero-order valence-electron chi connectivity index (χ0n) is 27.5. The van der Waals surface area contributed by atoms with Crippen LogP contribution in [-0.2, 0) is 19.1 Å². The highest BCUT2D eigenvalue weighted by Gasteiger charge is 2.80.